The van der Waals surface area contributed by atoms with Crippen LogP contribution in [0.1, 0.15) is 0 Å². The summed E-state index contributed by atoms with van der Waals surface area (Å²) in [6.45, 7) is 0. The van der Waals surface area contributed by atoms with Crippen molar-refractivity contribution in [2.24, 2.45) is 15.0 Å². The first-order valence-electron chi connectivity index (χ1n) is 11.2. The molecule has 186 valence electrons. The molecule has 0 saturated heterocycles. The van der Waals surface area contributed by atoms with E-state index >= 15 is 0 Å². The van der Waals surface area contributed by atoms with Gasteiger partial charge in [0.25, 0.3) is 0 Å². The van der Waals surface area contributed by atoms with Crippen molar-refractivity contribution in [1.29, 1.82) is 0 Å². The van der Waals surface area contributed by atoms with E-state index in [1.54, 1.807) is 0 Å². The molecule has 2 rings (SSSR count). The van der Waals surface area contributed by atoms with Crippen molar-refractivity contribution in [1.82, 2.24) is 29.4 Å². The second-order valence-electron chi connectivity index (χ2n) is 9.44. The van der Waals surface area contributed by atoms with E-state index in [1.165, 1.54) is 0 Å². The summed E-state index contributed by atoms with van der Waals surface area (Å²) in [7, 11) is 23.9. The van der Waals surface area contributed by atoms with Gasteiger partial charge in [-0.25, -0.2) is 15.0 Å². The highest BCUT2D eigenvalue weighted by Gasteiger charge is 2.14. The molecule has 0 fully saturated rings. The van der Waals surface area contributed by atoms with Crippen molar-refractivity contribution in [2.45, 2.75) is 0 Å². The van der Waals surface area contributed by atoms with Gasteiger partial charge in [0.05, 0.1) is 11.4 Å². The Morgan fingerprint density at radius 1 is 0.500 bits per heavy atom. The first kappa shape index (κ1) is 26.8. The summed E-state index contributed by atoms with van der Waals surface area (Å²) in [6, 6.07) is 10.3. The standard InChI is InChI=1S/C25H41N9/c1-29(2)23(30(3)4)26-19-14-15-20-18(17-19)13-16-21(27-24(31(5)6)32(7)8)22(20)28-25(33(9)10)34(11)12/h13-17H,1-12H3. The number of fused-ring (bicyclic) bond motifs is 1. The molecule has 2 aromatic carbocycles. The third kappa shape index (κ3) is 6.30. The number of aliphatic imine (C=N–C) groups is 3. The van der Waals surface area contributed by atoms with Gasteiger partial charge in [0, 0.05) is 90.0 Å². The number of nitrogens with zero attached hydrogens (tertiary/aromatic N) is 9. The molecule has 0 amide bonds. The monoisotopic (exact) mass is 467 g/mol. The summed E-state index contributed by atoms with van der Waals surface area (Å²) in [5.41, 5.74) is 2.52. The third-order valence-corrected chi connectivity index (χ3v) is 5.02. The molecule has 2 aromatic rings. The summed E-state index contributed by atoms with van der Waals surface area (Å²) in [5.74, 6) is 2.56. The van der Waals surface area contributed by atoms with Crippen LogP contribution in [0.25, 0.3) is 10.8 Å². The zero-order valence-corrected chi connectivity index (χ0v) is 22.9. The number of guanidine groups is 3. The quantitative estimate of drug-likeness (QED) is 0.511. The molecule has 0 aliphatic heterocycles. The van der Waals surface area contributed by atoms with Gasteiger partial charge in [-0.05, 0) is 29.7 Å². The Hall–Kier alpha value is -3.49. The van der Waals surface area contributed by atoms with Gasteiger partial charge in [-0.1, -0.05) is 6.07 Å². The van der Waals surface area contributed by atoms with Crippen molar-refractivity contribution in [3.8, 4) is 0 Å². The first-order chi connectivity index (χ1) is 15.8. The molecule has 9 heteroatoms. The molecule has 0 N–H and O–H groups in total. The van der Waals surface area contributed by atoms with Gasteiger partial charge in [0.1, 0.15) is 5.69 Å². The van der Waals surface area contributed by atoms with Crippen LogP contribution in [-0.4, -0.2) is 132 Å². The lowest BCUT2D eigenvalue weighted by Gasteiger charge is -2.24. The summed E-state index contributed by atoms with van der Waals surface area (Å²) in [4.78, 5) is 26.9. The van der Waals surface area contributed by atoms with Crippen molar-refractivity contribution >= 4 is 45.7 Å². The molecule has 0 aliphatic rings. The van der Waals surface area contributed by atoms with E-state index in [2.05, 4.69) is 18.2 Å². The van der Waals surface area contributed by atoms with E-state index in [4.69, 9.17) is 15.0 Å². The predicted molar refractivity (Wildman–Crippen MR) is 147 cm³/mol. The molecule has 0 heterocycles. The third-order valence-electron chi connectivity index (χ3n) is 5.02. The van der Waals surface area contributed by atoms with Crippen LogP contribution in [0.2, 0.25) is 0 Å². The van der Waals surface area contributed by atoms with Crippen LogP contribution in [0.5, 0.6) is 0 Å². The smallest absolute Gasteiger partial charge is 0.200 e. The van der Waals surface area contributed by atoms with Crippen LogP contribution in [0.3, 0.4) is 0 Å². The second kappa shape index (κ2) is 11.1. The fraction of sp³-hybridized carbons (Fsp3) is 0.480. The lowest BCUT2D eigenvalue weighted by atomic mass is 10.1. The van der Waals surface area contributed by atoms with Crippen LogP contribution in [0, 0.1) is 0 Å². The zero-order valence-electron chi connectivity index (χ0n) is 22.9. The van der Waals surface area contributed by atoms with Gasteiger partial charge in [-0.3, -0.25) is 0 Å². The maximum Gasteiger partial charge on any atom is 0.200 e. The maximum absolute atomic E-state index is 5.08. The Labute approximate surface area is 205 Å². The van der Waals surface area contributed by atoms with E-state index in [1.807, 2.05) is 126 Å². The fourth-order valence-electron chi connectivity index (χ4n) is 3.69. The van der Waals surface area contributed by atoms with E-state index < -0.39 is 0 Å². The Bertz CT molecular complexity index is 1050. The number of hydrogen-bond acceptors (Lipinski definition) is 3. The van der Waals surface area contributed by atoms with E-state index in [9.17, 15) is 0 Å². The van der Waals surface area contributed by atoms with E-state index in [0.29, 0.717) is 0 Å². The van der Waals surface area contributed by atoms with Crippen molar-refractivity contribution < 1.29 is 0 Å². The Kier molecular flexibility index (Phi) is 8.73. The number of hydrogen-bond donors (Lipinski definition) is 0. The number of benzene rings is 2. The minimum absolute atomic E-state index is 0.810. The van der Waals surface area contributed by atoms with Crippen molar-refractivity contribution in [3.63, 3.8) is 0 Å². The van der Waals surface area contributed by atoms with Crippen LogP contribution in [-0.2, 0) is 0 Å². The Balaban J connectivity index is 2.84. The molecular formula is C25H41N9. The lowest BCUT2D eigenvalue weighted by Crippen LogP contribution is -2.35. The predicted octanol–water partition coefficient (Wildman–Crippen LogP) is 3.17. The van der Waals surface area contributed by atoms with Crippen LogP contribution >= 0.6 is 0 Å². The molecule has 0 atom stereocenters. The van der Waals surface area contributed by atoms with Gasteiger partial charge in [-0.15, -0.1) is 0 Å². The average molecular weight is 468 g/mol. The van der Waals surface area contributed by atoms with Gasteiger partial charge >= 0.3 is 0 Å². The number of rotatable bonds is 3. The molecule has 0 bridgehead atoms. The van der Waals surface area contributed by atoms with E-state index in [-0.39, 0.29) is 0 Å². The average Bonchev–Trinajstić information content (AvgIpc) is 2.72. The minimum atomic E-state index is 0.810. The van der Waals surface area contributed by atoms with Crippen molar-refractivity contribution in [2.75, 3.05) is 84.6 Å². The molecule has 0 radical (unpaired) electrons. The lowest BCUT2D eigenvalue weighted by molar-refractivity contribution is 0.483. The topological polar surface area (TPSA) is 56.5 Å². The normalized spacial score (nSPS) is 10.4. The minimum Gasteiger partial charge on any atom is -0.349 e. The van der Waals surface area contributed by atoms with Gasteiger partial charge < -0.3 is 29.4 Å². The highest BCUT2D eigenvalue weighted by Crippen LogP contribution is 2.38. The SMILES string of the molecule is CN(C)C(=Nc1ccc2c(N=C(N(C)C)N(C)C)c(N=C(N(C)C)N(C)C)ccc2c1)N(C)C. The fourth-order valence-corrected chi connectivity index (χ4v) is 3.69. The van der Waals surface area contributed by atoms with Crippen LogP contribution < -0.4 is 0 Å². The highest BCUT2D eigenvalue weighted by atomic mass is 15.4. The second-order valence-corrected chi connectivity index (χ2v) is 9.44. The molecule has 34 heavy (non-hydrogen) atoms. The summed E-state index contributed by atoms with van der Waals surface area (Å²) in [6.07, 6.45) is 0. The summed E-state index contributed by atoms with van der Waals surface area (Å²) in [5, 5.41) is 2.08. The highest BCUT2D eigenvalue weighted by molar-refractivity contribution is 6.03. The summed E-state index contributed by atoms with van der Waals surface area (Å²) >= 11 is 0. The first-order valence-corrected chi connectivity index (χ1v) is 11.2. The van der Waals surface area contributed by atoms with Crippen LogP contribution in [0.15, 0.2) is 45.3 Å². The zero-order chi connectivity index (χ0) is 25.7. The molecule has 0 aliphatic carbocycles. The van der Waals surface area contributed by atoms with Crippen molar-refractivity contribution in [3.05, 3.63) is 30.3 Å². The maximum atomic E-state index is 5.08. The van der Waals surface area contributed by atoms with Gasteiger partial charge in [0.15, 0.2) is 0 Å². The molecule has 0 saturated carbocycles. The Morgan fingerprint density at radius 2 is 0.941 bits per heavy atom. The van der Waals surface area contributed by atoms with E-state index in [0.717, 1.165) is 45.7 Å². The largest absolute Gasteiger partial charge is 0.349 e. The molecule has 0 aromatic heterocycles. The Morgan fingerprint density at radius 3 is 1.41 bits per heavy atom. The molecule has 0 spiro atoms. The van der Waals surface area contributed by atoms with Gasteiger partial charge in [-0.2, -0.15) is 0 Å². The summed E-state index contributed by atoms with van der Waals surface area (Å²) < 4.78 is 0. The molecular weight excluding hydrogens is 426 g/mol. The molecule has 0 unspecified atom stereocenters. The van der Waals surface area contributed by atoms with Gasteiger partial charge in [0.2, 0.25) is 17.9 Å². The molecule has 9 nitrogen and oxygen atoms in total. The van der Waals surface area contributed by atoms with Crippen LogP contribution in [0.4, 0.5) is 17.1 Å².